The molecule has 7 nitrogen and oxygen atoms in total. The molecular formula is C20H22ClN5O2. The van der Waals surface area contributed by atoms with Gasteiger partial charge in [0.05, 0.1) is 30.9 Å². The second kappa shape index (κ2) is 8.16. The molecule has 1 amide bonds. The van der Waals surface area contributed by atoms with Gasteiger partial charge in [-0.1, -0.05) is 23.7 Å². The minimum Gasteiger partial charge on any atom is -0.394 e. The zero-order valence-corrected chi connectivity index (χ0v) is 16.2. The third-order valence-corrected chi connectivity index (χ3v) is 5.14. The fourth-order valence-electron chi connectivity index (χ4n) is 3.58. The van der Waals surface area contributed by atoms with Gasteiger partial charge in [0.25, 0.3) is 0 Å². The molecule has 4 rings (SSSR count). The Balaban J connectivity index is 1.53. The average molecular weight is 400 g/mol. The van der Waals surface area contributed by atoms with E-state index in [1.807, 2.05) is 22.8 Å². The van der Waals surface area contributed by atoms with Crippen molar-refractivity contribution in [1.82, 2.24) is 19.3 Å². The van der Waals surface area contributed by atoms with Crippen LogP contribution in [0, 0.1) is 0 Å². The smallest absolute Gasteiger partial charge is 0.245 e. The fraction of sp³-hybridized carbons (Fsp3) is 0.350. The third kappa shape index (κ3) is 3.95. The van der Waals surface area contributed by atoms with Gasteiger partial charge in [-0.2, -0.15) is 5.10 Å². The van der Waals surface area contributed by atoms with Crippen LogP contribution >= 0.6 is 11.6 Å². The number of aliphatic hydroxyl groups is 1. The molecule has 1 aliphatic carbocycles. The Bertz CT molecular complexity index is 994. The van der Waals surface area contributed by atoms with E-state index in [2.05, 4.69) is 15.4 Å². The highest BCUT2D eigenvalue weighted by Crippen LogP contribution is 2.25. The number of aryl methyl sites for hydroxylation is 1. The number of aliphatic hydroxyl groups excluding tert-OH is 1. The van der Waals surface area contributed by atoms with Gasteiger partial charge in [0, 0.05) is 22.3 Å². The maximum Gasteiger partial charge on any atom is 0.245 e. The molecule has 2 N–H and O–H groups in total. The number of carbonyl (C=O) groups excluding carboxylic acids is 1. The molecule has 2 aromatic heterocycles. The number of halogens is 1. The van der Waals surface area contributed by atoms with E-state index in [4.69, 9.17) is 11.6 Å². The number of fused-ring (bicyclic) bond motifs is 1. The lowest BCUT2D eigenvalue weighted by atomic mass is 10.0. The Labute approximate surface area is 168 Å². The lowest BCUT2D eigenvalue weighted by Gasteiger charge is -2.14. The summed E-state index contributed by atoms with van der Waals surface area (Å²) in [6.07, 6.45) is 5.98. The second-order valence-electron chi connectivity index (χ2n) is 6.89. The van der Waals surface area contributed by atoms with Gasteiger partial charge in [0.1, 0.15) is 12.4 Å². The van der Waals surface area contributed by atoms with Crippen molar-refractivity contribution in [2.45, 2.75) is 38.8 Å². The van der Waals surface area contributed by atoms with Crippen molar-refractivity contribution in [2.75, 3.05) is 11.9 Å². The molecule has 1 aliphatic rings. The summed E-state index contributed by atoms with van der Waals surface area (Å²) in [7, 11) is 0. The number of anilines is 1. The van der Waals surface area contributed by atoms with Crippen LogP contribution in [0.2, 0.25) is 5.02 Å². The van der Waals surface area contributed by atoms with E-state index in [1.165, 1.54) is 0 Å². The molecule has 28 heavy (non-hydrogen) atoms. The summed E-state index contributed by atoms with van der Waals surface area (Å²) in [5, 5.41) is 17.4. The molecule has 1 aromatic carbocycles. The number of nitrogens with zero attached hydrogens (tertiary/aromatic N) is 4. The van der Waals surface area contributed by atoms with Gasteiger partial charge >= 0.3 is 0 Å². The zero-order valence-electron chi connectivity index (χ0n) is 15.4. The Morgan fingerprint density at radius 1 is 1.25 bits per heavy atom. The standard InChI is InChI=1S/C20H22ClN5O2/c21-15-5-3-4-14(10-15)17-11-19(26(24-17)8-9-27)23-20(28)12-25-13-22-16-6-1-2-7-18(16)25/h3-5,10-11,13,27H,1-2,6-9,12H2,(H,23,28). The number of imidazole rings is 1. The number of rotatable bonds is 6. The number of nitrogens with one attached hydrogen (secondary N) is 1. The first-order chi connectivity index (χ1) is 13.6. The molecule has 0 fully saturated rings. The van der Waals surface area contributed by atoms with Crippen molar-refractivity contribution >= 4 is 23.3 Å². The number of aromatic nitrogens is 4. The molecule has 0 atom stereocenters. The van der Waals surface area contributed by atoms with E-state index in [-0.39, 0.29) is 25.6 Å². The van der Waals surface area contributed by atoms with E-state index < -0.39 is 0 Å². The molecule has 0 unspecified atom stereocenters. The Morgan fingerprint density at radius 2 is 2.11 bits per heavy atom. The topological polar surface area (TPSA) is 85.0 Å². The van der Waals surface area contributed by atoms with E-state index in [0.717, 1.165) is 42.6 Å². The van der Waals surface area contributed by atoms with Gasteiger partial charge in [-0.05, 0) is 37.8 Å². The van der Waals surface area contributed by atoms with Gasteiger partial charge < -0.3 is 15.0 Å². The van der Waals surface area contributed by atoms with Crippen LogP contribution in [0.5, 0.6) is 0 Å². The molecular weight excluding hydrogens is 378 g/mol. The van der Waals surface area contributed by atoms with Crippen LogP contribution in [0.3, 0.4) is 0 Å². The highest BCUT2D eigenvalue weighted by atomic mass is 35.5. The van der Waals surface area contributed by atoms with Crippen LogP contribution in [0.1, 0.15) is 24.2 Å². The third-order valence-electron chi connectivity index (χ3n) is 4.90. The fourth-order valence-corrected chi connectivity index (χ4v) is 3.77. The van der Waals surface area contributed by atoms with Crippen molar-refractivity contribution in [2.24, 2.45) is 0 Å². The van der Waals surface area contributed by atoms with Crippen LogP contribution < -0.4 is 5.32 Å². The number of amides is 1. The Morgan fingerprint density at radius 3 is 2.93 bits per heavy atom. The van der Waals surface area contributed by atoms with E-state index in [1.54, 1.807) is 23.1 Å². The van der Waals surface area contributed by atoms with E-state index >= 15 is 0 Å². The van der Waals surface area contributed by atoms with Gasteiger partial charge in [-0.15, -0.1) is 0 Å². The van der Waals surface area contributed by atoms with Crippen molar-refractivity contribution in [1.29, 1.82) is 0 Å². The van der Waals surface area contributed by atoms with Crippen molar-refractivity contribution in [3.05, 3.63) is 53.1 Å². The lowest BCUT2D eigenvalue weighted by Crippen LogP contribution is -2.22. The maximum absolute atomic E-state index is 12.6. The summed E-state index contributed by atoms with van der Waals surface area (Å²) in [5.41, 5.74) is 3.80. The second-order valence-corrected chi connectivity index (χ2v) is 7.33. The molecule has 0 radical (unpaired) electrons. The molecule has 0 spiro atoms. The van der Waals surface area contributed by atoms with Crippen molar-refractivity contribution < 1.29 is 9.90 Å². The molecule has 0 saturated heterocycles. The number of carbonyl (C=O) groups is 1. The first-order valence-corrected chi connectivity index (χ1v) is 9.79. The normalized spacial score (nSPS) is 13.4. The summed E-state index contributed by atoms with van der Waals surface area (Å²) in [6, 6.07) is 9.16. The molecule has 0 aliphatic heterocycles. The van der Waals surface area contributed by atoms with Crippen LogP contribution in [0.15, 0.2) is 36.7 Å². The molecule has 0 saturated carbocycles. The number of benzene rings is 1. The van der Waals surface area contributed by atoms with Crippen LogP contribution in [0.25, 0.3) is 11.3 Å². The van der Waals surface area contributed by atoms with Gasteiger partial charge in [-0.3, -0.25) is 4.79 Å². The minimum absolute atomic E-state index is 0.0748. The molecule has 2 heterocycles. The predicted molar refractivity (Wildman–Crippen MR) is 107 cm³/mol. The highest BCUT2D eigenvalue weighted by Gasteiger charge is 2.18. The van der Waals surface area contributed by atoms with Crippen LogP contribution in [-0.2, 0) is 30.7 Å². The number of hydrogen-bond acceptors (Lipinski definition) is 4. The van der Waals surface area contributed by atoms with Crippen LogP contribution in [-0.4, -0.2) is 37.0 Å². The van der Waals surface area contributed by atoms with Gasteiger partial charge in [0.2, 0.25) is 5.91 Å². The molecule has 3 aromatic rings. The lowest BCUT2D eigenvalue weighted by molar-refractivity contribution is -0.116. The summed E-state index contributed by atoms with van der Waals surface area (Å²) < 4.78 is 3.52. The summed E-state index contributed by atoms with van der Waals surface area (Å²) in [4.78, 5) is 17.1. The van der Waals surface area contributed by atoms with Crippen molar-refractivity contribution in [3.8, 4) is 11.3 Å². The van der Waals surface area contributed by atoms with Gasteiger partial charge in [-0.25, -0.2) is 9.67 Å². The molecule has 0 bridgehead atoms. The SMILES string of the molecule is O=C(Cn1cnc2c1CCCC2)Nc1cc(-c2cccc(Cl)c2)nn1CCO. The van der Waals surface area contributed by atoms with Crippen LogP contribution in [0.4, 0.5) is 5.82 Å². The summed E-state index contributed by atoms with van der Waals surface area (Å²) in [5.74, 6) is 0.394. The maximum atomic E-state index is 12.6. The Hall–Kier alpha value is -2.64. The summed E-state index contributed by atoms with van der Waals surface area (Å²) >= 11 is 6.07. The predicted octanol–water partition coefficient (Wildman–Crippen LogP) is 2.91. The first kappa shape index (κ1) is 18.7. The van der Waals surface area contributed by atoms with Gasteiger partial charge in [0.15, 0.2) is 0 Å². The monoisotopic (exact) mass is 399 g/mol. The Kier molecular flexibility index (Phi) is 5.45. The minimum atomic E-state index is -0.150. The average Bonchev–Trinajstić information content (AvgIpc) is 3.27. The van der Waals surface area contributed by atoms with Crippen molar-refractivity contribution in [3.63, 3.8) is 0 Å². The largest absolute Gasteiger partial charge is 0.394 e. The molecule has 8 heteroatoms. The quantitative estimate of drug-likeness (QED) is 0.667. The zero-order chi connectivity index (χ0) is 19.5. The molecule has 146 valence electrons. The number of hydrogen-bond donors (Lipinski definition) is 2. The van der Waals surface area contributed by atoms with E-state index in [0.29, 0.717) is 16.5 Å². The summed E-state index contributed by atoms with van der Waals surface area (Å²) in [6.45, 7) is 0.421. The first-order valence-electron chi connectivity index (χ1n) is 9.41. The highest BCUT2D eigenvalue weighted by molar-refractivity contribution is 6.30. The van der Waals surface area contributed by atoms with E-state index in [9.17, 15) is 9.90 Å².